The summed E-state index contributed by atoms with van der Waals surface area (Å²) >= 11 is 3.09. The fraction of sp³-hybridized carbons (Fsp3) is 0.190. The van der Waals surface area contributed by atoms with Crippen molar-refractivity contribution in [3.05, 3.63) is 59.5 Å². The average Bonchev–Trinajstić information content (AvgIpc) is 3.48. The van der Waals surface area contributed by atoms with Crippen LogP contribution in [0.2, 0.25) is 0 Å². The normalized spacial score (nSPS) is 13.2. The Labute approximate surface area is 171 Å². The number of amides is 2. The molecule has 0 radical (unpaired) electrons. The Kier molecular flexibility index (Phi) is 5.45. The molecule has 28 heavy (non-hydrogen) atoms. The van der Waals surface area contributed by atoms with Gasteiger partial charge in [0.05, 0.1) is 5.69 Å². The zero-order valence-corrected chi connectivity index (χ0v) is 16.9. The quantitative estimate of drug-likeness (QED) is 0.554. The van der Waals surface area contributed by atoms with Crippen molar-refractivity contribution >= 4 is 45.7 Å². The molecule has 1 saturated carbocycles. The van der Waals surface area contributed by atoms with Crippen LogP contribution >= 0.6 is 23.1 Å². The molecule has 3 aromatic rings. The maximum Gasteiger partial charge on any atom is 0.257 e. The first-order valence-electron chi connectivity index (χ1n) is 8.94. The second-order valence-corrected chi connectivity index (χ2v) is 8.30. The Bertz CT molecular complexity index is 993. The summed E-state index contributed by atoms with van der Waals surface area (Å²) in [7, 11) is 0. The van der Waals surface area contributed by atoms with Gasteiger partial charge in [-0.15, -0.1) is 23.1 Å². The number of carbonyl (C=O) groups is 2. The van der Waals surface area contributed by atoms with E-state index in [9.17, 15) is 9.59 Å². The van der Waals surface area contributed by atoms with Crippen molar-refractivity contribution in [3.8, 4) is 11.3 Å². The van der Waals surface area contributed by atoms with E-state index in [2.05, 4.69) is 27.8 Å². The van der Waals surface area contributed by atoms with Crippen LogP contribution in [-0.2, 0) is 4.79 Å². The SMILES string of the molecule is CSc1ccc(-c2csc(NC(=O)c3ccc(NC(=O)C4CC4)cc3)n2)cc1. The topological polar surface area (TPSA) is 71.1 Å². The van der Waals surface area contributed by atoms with Gasteiger partial charge in [0, 0.05) is 33.0 Å². The first kappa shape index (κ1) is 18.7. The number of anilines is 2. The summed E-state index contributed by atoms with van der Waals surface area (Å²) in [5, 5.41) is 8.19. The summed E-state index contributed by atoms with van der Waals surface area (Å²) in [6.07, 6.45) is 3.97. The van der Waals surface area contributed by atoms with Crippen molar-refractivity contribution in [2.75, 3.05) is 16.9 Å². The molecule has 1 heterocycles. The van der Waals surface area contributed by atoms with Gasteiger partial charge in [0.25, 0.3) is 5.91 Å². The highest BCUT2D eigenvalue weighted by Crippen LogP contribution is 2.30. The first-order chi connectivity index (χ1) is 13.6. The highest BCUT2D eigenvalue weighted by Gasteiger charge is 2.29. The molecule has 0 aliphatic heterocycles. The summed E-state index contributed by atoms with van der Waals surface area (Å²) in [6.45, 7) is 0. The van der Waals surface area contributed by atoms with E-state index in [1.54, 1.807) is 36.0 Å². The number of carbonyl (C=O) groups excluding carboxylic acids is 2. The smallest absolute Gasteiger partial charge is 0.257 e. The molecule has 0 atom stereocenters. The monoisotopic (exact) mass is 409 g/mol. The van der Waals surface area contributed by atoms with Gasteiger partial charge in [0.15, 0.2) is 5.13 Å². The van der Waals surface area contributed by atoms with Crippen molar-refractivity contribution in [3.63, 3.8) is 0 Å². The number of hydrogen-bond acceptors (Lipinski definition) is 5. The largest absolute Gasteiger partial charge is 0.326 e. The predicted molar refractivity (Wildman–Crippen MR) is 115 cm³/mol. The van der Waals surface area contributed by atoms with Crippen LogP contribution in [-0.4, -0.2) is 23.1 Å². The van der Waals surface area contributed by atoms with E-state index in [0.717, 1.165) is 24.1 Å². The van der Waals surface area contributed by atoms with Crippen molar-refractivity contribution in [2.24, 2.45) is 5.92 Å². The van der Waals surface area contributed by atoms with Gasteiger partial charge in [0.1, 0.15) is 0 Å². The van der Waals surface area contributed by atoms with Crippen LogP contribution in [0.15, 0.2) is 58.8 Å². The lowest BCUT2D eigenvalue weighted by atomic mass is 10.2. The third kappa shape index (κ3) is 4.43. The third-order valence-corrected chi connectivity index (χ3v) is 5.97. The summed E-state index contributed by atoms with van der Waals surface area (Å²) < 4.78 is 0. The van der Waals surface area contributed by atoms with Crippen molar-refractivity contribution in [1.29, 1.82) is 0 Å². The van der Waals surface area contributed by atoms with Gasteiger partial charge in [-0.2, -0.15) is 0 Å². The zero-order valence-electron chi connectivity index (χ0n) is 15.3. The van der Waals surface area contributed by atoms with Gasteiger partial charge in [-0.1, -0.05) is 12.1 Å². The van der Waals surface area contributed by atoms with Gasteiger partial charge in [-0.3, -0.25) is 14.9 Å². The molecule has 0 spiro atoms. The highest BCUT2D eigenvalue weighted by atomic mass is 32.2. The molecule has 7 heteroatoms. The van der Waals surface area contributed by atoms with Gasteiger partial charge < -0.3 is 5.32 Å². The Morgan fingerprint density at radius 1 is 1.04 bits per heavy atom. The molecule has 1 aliphatic carbocycles. The molecule has 2 amide bonds. The van der Waals surface area contributed by atoms with Crippen LogP contribution < -0.4 is 10.6 Å². The molecule has 0 unspecified atom stereocenters. The number of thiazole rings is 1. The van der Waals surface area contributed by atoms with Gasteiger partial charge in [-0.25, -0.2) is 4.98 Å². The molecule has 0 saturated heterocycles. The third-order valence-electron chi connectivity index (χ3n) is 4.47. The number of aromatic nitrogens is 1. The molecule has 1 aromatic heterocycles. The molecule has 1 fully saturated rings. The van der Waals surface area contributed by atoms with E-state index < -0.39 is 0 Å². The van der Waals surface area contributed by atoms with Crippen LogP contribution in [0.4, 0.5) is 10.8 Å². The summed E-state index contributed by atoms with van der Waals surface area (Å²) in [4.78, 5) is 30.0. The van der Waals surface area contributed by atoms with Crippen LogP contribution in [0.5, 0.6) is 0 Å². The van der Waals surface area contributed by atoms with Crippen LogP contribution in [0.1, 0.15) is 23.2 Å². The van der Waals surface area contributed by atoms with Gasteiger partial charge >= 0.3 is 0 Å². The number of benzene rings is 2. The number of thioether (sulfide) groups is 1. The molecule has 2 N–H and O–H groups in total. The zero-order chi connectivity index (χ0) is 19.5. The number of hydrogen-bond donors (Lipinski definition) is 2. The summed E-state index contributed by atoms with van der Waals surface area (Å²) in [6, 6.07) is 15.1. The molecular formula is C21H19N3O2S2. The Morgan fingerprint density at radius 2 is 1.75 bits per heavy atom. The second-order valence-electron chi connectivity index (χ2n) is 6.56. The van der Waals surface area contributed by atoms with E-state index in [0.29, 0.717) is 16.4 Å². The van der Waals surface area contributed by atoms with E-state index in [-0.39, 0.29) is 17.7 Å². The average molecular weight is 410 g/mol. The van der Waals surface area contributed by atoms with Crippen molar-refractivity contribution in [1.82, 2.24) is 4.98 Å². The Balaban J connectivity index is 1.39. The van der Waals surface area contributed by atoms with Crippen molar-refractivity contribution < 1.29 is 9.59 Å². The maximum absolute atomic E-state index is 12.5. The Hall–Kier alpha value is -2.64. The lowest BCUT2D eigenvalue weighted by molar-refractivity contribution is -0.117. The highest BCUT2D eigenvalue weighted by molar-refractivity contribution is 7.98. The van der Waals surface area contributed by atoms with Crippen LogP contribution in [0, 0.1) is 5.92 Å². The van der Waals surface area contributed by atoms with Gasteiger partial charge in [0.2, 0.25) is 5.91 Å². The minimum absolute atomic E-state index is 0.0538. The van der Waals surface area contributed by atoms with E-state index >= 15 is 0 Å². The predicted octanol–water partition coefficient (Wildman–Crippen LogP) is 5.13. The summed E-state index contributed by atoms with van der Waals surface area (Å²) in [5.41, 5.74) is 3.08. The first-order valence-corrected chi connectivity index (χ1v) is 11.0. The van der Waals surface area contributed by atoms with E-state index in [4.69, 9.17) is 0 Å². The van der Waals surface area contributed by atoms with E-state index in [1.807, 2.05) is 23.8 Å². The minimum atomic E-state index is -0.223. The fourth-order valence-corrected chi connectivity index (χ4v) is 3.81. The maximum atomic E-state index is 12.5. The molecule has 5 nitrogen and oxygen atoms in total. The summed E-state index contributed by atoms with van der Waals surface area (Å²) in [5.74, 6) is -0.0178. The molecule has 4 rings (SSSR count). The second kappa shape index (κ2) is 8.16. The van der Waals surface area contributed by atoms with Crippen molar-refractivity contribution in [2.45, 2.75) is 17.7 Å². The van der Waals surface area contributed by atoms with Crippen LogP contribution in [0.3, 0.4) is 0 Å². The molecule has 1 aliphatic rings. The molecule has 2 aromatic carbocycles. The molecule has 0 bridgehead atoms. The molecular weight excluding hydrogens is 390 g/mol. The lowest BCUT2D eigenvalue weighted by Crippen LogP contribution is -2.14. The number of nitrogens with one attached hydrogen (secondary N) is 2. The minimum Gasteiger partial charge on any atom is -0.326 e. The van der Waals surface area contributed by atoms with E-state index in [1.165, 1.54) is 16.2 Å². The molecule has 142 valence electrons. The fourth-order valence-electron chi connectivity index (χ4n) is 2.69. The van der Waals surface area contributed by atoms with Gasteiger partial charge in [-0.05, 0) is 55.5 Å². The Morgan fingerprint density at radius 3 is 2.39 bits per heavy atom. The standard InChI is InChI=1S/C21H19N3O2S2/c1-27-17-10-6-13(7-11-17)18-12-28-21(23-18)24-20(26)15-4-8-16(9-5-15)22-19(25)14-2-3-14/h4-12,14H,2-3H2,1H3,(H,22,25)(H,23,24,26). The lowest BCUT2D eigenvalue weighted by Gasteiger charge is -2.06. The number of rotatable bonds is 6. The number of nitrogens with zero attached hydrogens (tertiary/aromatic N) is 1. The van der Waals surface area contributed by atoms with Crippen LogP contribution in [0.25, 0.3) is 11.3 Å².